The maximum atomic E-state index is 11.5. The molecule has 1 aliphatic heterocycles. The van der Waals surface area contributed by atoms with Crippen LogP contribution in [0.5, 0.6) is 0 Å². The highest BCUT2D eigenvalue weighted by Gasteiger charge is 2.56. The van der Waals surface area contributed by atoms with Crippen molar-refractivity contribution >= 4 is 5.97 Å². The third-order valence-corrected chi connectivity index (χ3v) is 4.46. The number of rotatable bonds is 2. The van der Waals surface area contributed by atoms with Crippen LogP contribution in [-0.4, -0.2) is 32.1 Å². The summed E-state index contributed by atoms with van der Waals surface area (Å²) in [6.07, 6.45) is 3.47. The third-order valence-electron chi connectivity index (χ3n) is 4.46. The highest BCUT2D eigenvalue weighted by Crippen LogP contribution is 2.53. The van der Waals surface area contributed by atoms with Gasteiger partial charge >= 0.3 is 5.97 Å². The van der Waals surface area contributed by atoms with E-state index in [2.05, 4.69) is 13.8 Å². The average molecular weight is 242 g/mol. The van der Waals surface area contributed by atoms with Crippen LogP contribution in [0.4, 0.5) is 0 Å². The standard InChI is InChI=1S/C13H22O4/c1-12(2)10(9-11(14)15-3)5-4-6-13(12)16-7-8-17-13/h10H,4-9H2,1-3H3/t10-/m1/s1. The fourth-order valence-corrected chi connectivity index (χ4v) is 3.19. The fraction of sp³-hybridized carbons (Fsp3) is 0.923. The fourth-order valence-electron chi connectivity index (χ4n) is 3.19. The molecule has 0 unspecified atom stereocenters. The molecule has 17 heavy (non-hydrogen) atoms. The molecule has 2 rings (SSSR count). The number of hydrogen-bond acceptors (Lipinski definition) is 4. The molecule has 0 aromatic carbocycles. The first-order chi connectivity index (χ1) is 8.02. The molecule has 0 aromatic heterocycles. The molecule has 1 spiro atoms. The highest BCUT2D eigenvalue weighted by molar-refractivity contribution is 5.69. The SMILES string of the molecule is COC(=O)C[C@H]1CCCC2(OCCO2)C1(C)C. The first kappa shape index (κ1) is 12.8. The molecule has 0 radical (unpaired) electrons. The topological polar surface area (TPSA) is 44.8 Å². The Balaban J connectivity index is 2.15. The van der Waals surface area contributed by atoms with Gasteiger partial charge < -0.3 is 14.2 Å². The summed E-state index contributed by atoms with van der Waals surface area (Å²) in [5.41, 5.74) is -0.143. The van der Waals surface area contributed by atoms with Crippen LogP contribution in [0.1, 0.15) is 39.5 Å². The Morgan fingerprint density at radius 3 is 2.59 bits per heavy atom. The second-order valence-electron chi connectivity index (χ2n) is 5.54. The molecular weight excluding hydrogens is 220 g/mol. The van der Waals surface area contributed by atoms with Crippen molar-refractivity contribution in [2.75, 3.05) is 20.3 Å². The van der Waals surface area contributed by atoms with E-state index in [1.807, 2.05) is 0 Å². The van der Waals surface area contributed by atoms with Gasteiger partial charge in [-0.15, -0.1) is 0 Å². The van der Waals surface area contributed by atoms with Gasteiger partial charge in [0.2, 0.25) is 0 Å². The summed E-state index contributed by atoms with van der Waals surface area (Å²) >= 11 is 0. The van der Waals surface area contributed by atoms with Crippen molar-refractivity contribution in [3.8, 4) is 0 Å². The quantitative estimate of drug-likeness (QED) is 0.696. The molecule has 1 heterocycles. The van der Waals surface area contributed by atoms with E-state index in [4.69, 9.17) is 14.2 Å². The van der Waals surface area contributed by atoms with Crippen LogP contribution in [-0.2, 0) is 19.0 Å². The molecule has 2 fully saturated rings. The van der Waals surface area contributed by atoms with E-state index in [9.17, 15) is 4.79 Å². The van der Waals surface area contributed by atoms with E-state index < -0.39 is 5.79 Å². The van der Waals surface area contributed by atoms with Crippen LogP contribution in [0, 0.1) is 11.3 Å². The Hall–Kier alpha value is -0.610. The summed E-state index contributed by atoms with van der Waals surface area (Å²) < 4.78 is 16.5. The molecule has 1 aliphatic carbocycles. The van der Waals surface area contributed by atoms with Crippen molar-refractivity contribution in [1.29, 1.82) is 0 Å². The van der Waals surface area contributed by atoms with E-state index in [1.165, 1.54) is 7.11 Å². The molecular formula is C13H22O4. The lowest BCUT2D eigenvalue weighted by Crippen LogP contribution is -2.53. The summed E-state index contributed by atoms with van der Waals surface area (Å²) in [5, 5.41) is 0. The predicted molar refractivity (Wildman–Crippen MR) is 62.4 cm³/mol. The minimum absolute atomic E-state index is 0.141. The number of carbonyl (C=O) groups is 1. The Bertz CT molecular complexity index is 292. The summed E-state index contributed by atoms with van der Waals surface area (Å²) in [6, 6.07) is 0. The van der Waals surface area contributed by atoms with Gasteiger partial charge in [-0.2, -0.15) is 0 Å². The molecule has 4 nitrogen and oxygen atoms in total. The summed E-state index contributed by atoms with van der Waals surface area (Å²) in [4.78, 5) is 11.5. The third kappa shape index (κ3) is 2.08. The number of ether oxygens (including phenoxy) is 3. The van der Waals surface area contributed by atoms with Crippen LogP contribution in [0.15, 0.2) is 0 Å². The first-order valence-corrected chi connectivity index (χ1v) is 6.36. The molecule has 2 aliphatic rings. The molecule has 1 saturated heterocycles. The maximum Gasteiger partial charge on any atom is 0.305 e. The van der Waals surface area contributed by atoms with Crippen LogP contribution in [0.25, 0.3) is 0 Å². The van der Waals surface area contributed by atoms with Crippen molar-refractivity contribution in [1.82, 2.24) is 0 Å². The van der Waals surface area contributed by atoms with Crippen molar-refractivity contribution in [2.24, 2.45) is 11.3 Å². The Morgan fingerprint density at radius 2 is 2.00 bits per heavy atom. The molecule has 98 valence electrons. The molecule has 0 bridgehead atoms. The first-order valence-electron chi connectivity index (χ1n) is 6.36. The van der Waals surface area contributed by atoms with Gasteiger partial charge in [0.05, 0.1) is 20.3 Å². The van der Waals surface area contributed by atoms with Gasteiger partial charge in [-0.25, -0.2) is 0 Å². The van der Waals surface area contributed by atoms with Crippen molar-refractivity contribution in [3.63, 3.8) is 0 Å². The minimum Gasteiger partial charge on any atom is -0.469 e. The van der Waals surface area contributed by atoms with E-state index in [0.717, 1.165) is 19.3 Å². The van der Waals surface area contributed by atoms with Crippen LogP contribution < -0.4 is 0 Å². The number of methoxy groups -OCH3 is 1. The van der Waals surface area contributed by atoms with Gasteiger partial charge in [0.1, 0.15) is 0 Å². The summed E-state index contributed by atoms with van der Waals surface area (Å²) in [7, 11) is 1.44. The largest absolute Gasteiger partial charge is 0.469 e. The van der Waals surface area contributed by atoms with Crippen molar-refractivity contribution in [2.45, 2.75) is 45.3 Å². The summed E-state index contributed by atoms with van der Waals surface area (Å²) in [5.74, 6) is -0.357. The predicted octanol–water partition coefficient (Wildman–Crippen LogP) is 2.12. The lowest BCUT2D eigenvalue weighted by atomic mass is 9.63. The van der Waals surface area contributed by atoms with E-state index >= 15 is 0 Å². The van der Waals surface area contributed by atoms with Crippen LogP contribution >= 0.6 is 0 Å². The maximum absolute atomic E-state index is 11.5. The molecule has 0 amide bonds. The zero-order chi connectivity index (χ0) is 12.5. The molecule has 4 heteroatoms. The Kier molecular flexibility index (Phi) is 3.46. The van der Waals surface area contributed by atoms with Crippen molar-refractivity contribution < 1.29 is 19.0 Å². The van der Waals surface area contributed by atoms with Gasteiger partial charge in [-0.3, -0.25) is 4.79 Å². The van der Waals surface area contributed by atoms with Gasteiger partial charge in [-0.05, 0) is 18.8 Å². The lowest BCUT2D eigenvalue weighted by molar-refractivity contribution is -0.262. The lowest BCUT2D eigenvalue weighted by Gasteiger charge is -2.50. The highest BCUT2D eigenvalue weighted by atomic mass is 16.7. The molecule has 1 atom stereocenters. The van der Waals surface area contributed by atoms with Gasteiger partial charge in [0.25, 0.3) is 0 Å². The zero-order valence-corrected chi connectivity index (χ0v) is 11.0. The van der Waals surface area contributed by atoms with Crippen LogP contribution in [0.2, 0.25) is 0 Å². The van der Waals surface area contributed by atoms with E-state index in [0.29, 0.717) is 19.6 Å². The van der Waals surface area contributed by atoms with Gasteiger partial charge in [0, 0.05) is 18.3 Å². The molecule has 0 N–H and O–H groups in total. The molecule has 0 aromatic rings. The van der Waals surface area contributed by atoms with E-state index in [-0.39, 0.29) is 17.3 Å². The van der Waals surface area contributed by atoms with Crippen molar-refractivity contribution in [3.05, 3.63) is 0 Å². The second kappa shape index (κ2) is 4.58. The van der Waals surface area contributed by atoms with E-state index in [1.54, 1.807) is 0 Å². The Morgan fingerprint density at radius 1 is 1.35 bits per heavy atom. The number of carbonyl (C=O) groups excluding carboxylic acids is 1. The monoisotopic (exact) mass is 242 g/mol. The molecule has 1 saturated carbocycles. The van der Waals surface area contributed by atoms with Gasteiger partial charge in [0.15, 0.2) is 5.79 Å². The zero-order valence-electron chi connectivity index (χ0n) is 11.0. The normalized spacial score (nSPS) is 30.4. The number of esters is 1. The second-order valence-corrected chi connectivity index (χ2v) is 5.54. The summed E-state index contributed by atoms with van der Waals surface area (Å²) in [6.45, 7) is 5.61. The Labute approximate surface area is 103 Å². The average Bonchev–Trinajstić information content (AvgIpc) is 2.76. The van der Waals surface area contributed by atoms with Crippen LogP contribution in [0.3, 0.4) is 0 Å². The minimum atomic E-state index is -0.482. The van der Waals surface area contributed by atoms with Gasteiger partial charge in [-0.1, -0.05) is 13.8 Å². The smallest absolute Gasteiger partial charge is 0.305 e. The number of hydrogen-bond donors (Lipinski definition) is 0.